The van der Waals surface area contributed by atoms with E-state index in [1.165, 1.54) is 25.3 Å². The minimum absolute atomic E-state index is 0.0813. The van der Waals surface area contributed by atoms with Crippen LogP contribution in [0.15, 0.2) is 18.2 Å². The number of rotatable bonds is 9. The van der Waals surface area contributed by atoms with Crippen molar-refractivity contribution >= 4 is 17.6 Å². The summed E-state index contributed by atoms with van der Waals surface area (Å²) in [5, 5.41) is 11.5. The van der Waals surface area contributed by atoms with Gasteiger partial charge in [0.2, 0.25) is 5.91 Å². The molecule has 0 bridgehead atoms. The maximum absolute atomic E-state index is 11.7. The lowest BCUT2D eigenvalue weighted by Gasteiger charge is -2.11. The van der Waals surface area contributed by atoms with Crippen LogP contribution in [0, 0.1) is 0 Å². The lowest BCUT2D eigenvalue weighted by Crippen LogP contribution is -2.20. The summed E-state index contributed by atoms with van der Waals surface area (Å²) in [5.41, 5.74) is 0.471. The number of nitrogens with one attached hydrogen (secondary N) is 1. The molecule has 0 saturated heterocycles. The molecule has 1 aromatic rings. The maximum atomic E-state index is 11.7. The van der Waals surface area contributed by atoms with Gasteiger partial charge in [0.1, 0.15) is 12.4 Å². The van der Waals surface area contributed by atoms with Gasteiger partial charge in [0.05, 0.1) is 31.6 Å². The van der Waals surface area contributed by atoms with Crippen molar-refractivity contribution in [3.05, 3.63) is 23.8 Å². The molecule has 2 N–H and O–H groups in total. The summed E-state index contributed by atoms with van der Waals surface area (Å²) in [6.45, 7) is 3.12. The number of methoxy groups -OCH3 is 1. The van der Waals surface area contributed by atoms with E-state index < -0.39 is 5.97 Å². The second kappa shape index (κ2) is 8.93. The molecule has 21 heavy (non-hydrogen) atoms. The molecule has 1 rings (SSSR count). The fourth-order valence-corrected chi connectivity index (χ4v) is 1.54. The van der Waals surface area contributed by atoms with Gasteiger partial charge >= 0.3 is 5.97 Å². The monoisotopic (exact) mass is 297 g/mol. The molecule has 0 radical (unpaired) electrons. The Kier molecular flexibility index (Phi) is 7.20. The fourth-order valence-electron chi connectivity index (χ4n) is 1.54. The number of benzene rings is 1. The van der Waals surface area contributed by atoms with Gasteiger partial charge in [0.15, 0.2) is 0 Å². The van der Waals surface area contributed by atoms with E-state index in [1.54, 1.807) is 0 Å². The molecule has 1 amide bonds. The third-order valence-corrected chi connectivity index (χ3v) is 2.53. The number of hydrogen-bond acceptors (Lipinski definition) is 5. The Morgan fingerprint density at radius 3 is 2.57 bits per heavy atom. The molecule has 0 spiro atoms. The van der Waals surface area contributed by atoms with Crippen LogP contribution in [0.3, 0.4) is 0 Å². The molecule has 0 heterocycles. The maximum Gasteiger partial charge on any atom is 0.335 e. The lowest BCUT2D eigenvalue weighted by atomic mass is 10.2. The first-order valence-electron chi connectivity index (χ1n) is 6.45. The van der Waals surface area contributed by atoms with Crippen molar-refractivity contribution < 1.29 is 28.9 Å². The normalized spacial score (nSPS) is 10.2. The Labute approximate surface area is 122 Å². The van der Waals surface area contributed by atoms with Crippen LogP contribution in [0.1, 0.15) is 17.3 Å². The van der Waals surface area contributed by atoms with Gasteiger partial charge in [-0.05, 0) is 25.1 Å². The molecule has 0 saturated carbocycles. The van der Waals surface area contributed by atoms with Crippen molar-refractivity contribution in [3.8, 4) is 5.75 Å². The van der Waals surface area contributed by atoms with Crippen molar-refractivity contribution in [2.24, 2.45) is 0 Å². The summed E-state index contributed by atoms with van der Waals surface area (Å²) in [6, 6.07) is 4.20. The molecule has 0 aliphatic heterocycles. The molecule has 0 aromatic heterocycles. The number of anilines is 1. The molecule has 0 atom stereocenters. The van der Waals surface area contributed by atoms with Crippen molar-refractivity contribution in [1.82, 2.24) is 0 Å². The Hall–Kier alpha value is -2.12. The summed E-state index contributed by atoms with van der Waals surface area (Å²) < 4.78 is 15.3. The zero-order chi connectivity index (χ0) is 15.7. The van der Waals surface area contributed by atoms with Crippen LogP contribution in [0.4, 0.5) is 5.69 Å². The molecule has 7 nitrogen and oxygen atoms in total. The predicted molar refractivity (Wildman–Crippen MR) is 75.9 cm³/mol. The first-order valence-corrected chi connectivity index (χ1v) is 6.45. The molecule has 7 heteroatoms. The predicted octanol–water partition coefficient (Wildman–Crippen LogP) is 1.38. The lowest BCUT2D eigenvalue weighted by molar-refractivity contribution is -0.121. The van der Waals surface area contributed by atoms with E-state index in [-0.39, 0.29) is 23.8 Å². The van der Waals surface area contributed by atoms with Crippen LogP contribution in [0.5, 0.6) is 5.75 Å². The second-order valence-electron chi connectivity index (χ2n) is 4.02. The van der Waals surface area contributed by atoms with E-state index in [0.717, 1.165) is 0 Å². The number of carboxylic acids is 1. The Balaban J connectivity index is 2.53. The number of hydrogen-bond donors (Lipinski definition) is 2. The Morgan fingerprint density at radius 1 is 1.24 bits per heavy atom. The van der Waals surface area contributed by atoms with Gasteiger partial charge < -0.3 is 24.6 Å². The van der Waals surface area contributed by atoms with Crippen LogP contribution in [-0.2, 0) is 14.3 Å². The van der Waals surface area contributed by atoms with E-state index in [9.17, 15) is 9.59 Å². The number of carbonyl (C=O) groups is 2. The van der Waals surface area contributed by atoms with Crippen LogP contribution in [0.25, 0.3) is 0 Å². The van der Waals surface area contributed by atoms with E-state index in [2.05, 4.69) is 5.32 Å². The van der Waals surface area contributed by atoms with E-state index >= 15 is 0 Å². The SMILES string of the molecule is CCOCCOCC(=O)Nc1ccc(C(=O)O)cc1OC. The smallest absolute Gasteiger partial charge is 0.335 e. The van der Waals surface area contributed by atoms with Crippen molar-refractivity contribution in [2.45, 2.75) is 6.92 Å². The molecule has 116 valence electrons. The van der Waals surface area contributed by atoms with Gasteiger partial charge in [-0.15, -0.1) is 0 Å². The highest BCUT2D eigenvalue weighted by molar-refractivity contribution is 5.95. The molecular weight excluding hydrogens is 278 g/mol. The van der Waals surface area contributed by atoms with Crippen LogP contribution in [0.2, 0.25) is 0 Å². The number of aromatic carboxylic acids is 1. The zero-order valence-electron chi connectivity index (χ0n) is 12.0. The minimum atomic E-state index is -1.06. The topological polar surface area (TPSA) is 94.1 Å². The molecule has 0 aliphatic carbocycles. The average Bonchev–Trinajstić information content (AvgIpc) is 2.47. The molecule has 0 unspecified atom stereocenters. The summed E-state index contributed by atoms with van der Waals surface area (Å²) in [4.78, 5) is 22.5. The van der Waals surface area contributed by atoms with Gasteiger partial charge in [0.25, 0.3) is 0 Å². The quantitative estimate of drug-likeness (QED) is 0.669. The Morgan fingerprint density at radius 2 is 1.95 bits per heavy atom. The minimum Gasteiger partial charge on any atom is -0.495 e. The van der Waals surface area contributed by atoms with Gasteiger partial charge in [-0.2, -0.15) is 0 Å². The first-order chi connectivity index (χ1) is 10.1. The standard InChI is InChI=1S/C14H19NO6/c1-3-20-6-7-21-9-13(16)15-11-5-4-10(14(17)18)8-12(11)19-2/h4-5,8H,3,6-7,9H2,1-2H3,(H,15,16)(H,17,18). The van der Waals surface area contributed by atoms with Crippen LogP contribution >= 0.6 is 0 Å². The largest absolute Gasteiger partial charge is 0.495 e. The van der Waals surface area contributed by atoms with Gasteiger partial charge in [-0.25, -0.2) is 4.79 Å². The Bertz CT molecular complexity index is 488. The van der Waals surface area contributed by atoms with Gasteiger partial charge in [-0.1, -0.05) is 0 Å². The highest BCUT2D eigenvalue weighted by Gasteiger charge is 2.11. The summed E-state index contributed by atoms with van der Waals surface area (Å²) >= 11 is 0. The fraction of sp³-hybridized carbons (Fsp3) is 0.429. The summed E-state index contributed by atoms with van der Waals surface area (Å²) in [5.74, 6) is -1.14. The van der Waals surface area contributed by atoms with Crippen LogP contribution < -0.4 is 10.1 Å². The van der Waals surface area contributed by atoms with Crippen molar-refractivity contribution in [3.63, 3.8) is 0 Å². The highest BCUT2D eigenvalue weighted by Crippen LogP contribution is 2.25. The van der Waals surface area contributed by atoms with E-state index in [1.807, 2.05) is 6.92 Å². The first kappa shape index (κ1) is 16.9. The molecule has 1 aromatic carbocycles. The number of amides is 1. The number of ether oxygens (including phenoxy) is 3. The van der Waals surface area contributed by atoms with E-state index in [4.69, 9.17) is 19.3 Å². The average molecular weight is 297 g/mol. The van der Waals surface area contributed by atoms with Gasteiger partial charge in [-0.3, -0.25) is 4.79 Å². The van der Waals surface area contributed by atoms with E-state index in [0.29, 0.717) is 25.5 Å². The third kappa shape index (κ3) is 5.80. The molecular formula is C14H19NO6. The number of carboxylic acid groups (broad SMARTS) is 1. The second-order valence-corrected chi connectivity index (χ2v) is 4.02. The number of carbonyl (C=O) groups excluding carboxylic acids is 1. The summed E-state index contributed by atoms with van der Waals surface area (Å²) in [7, 11) is 1.40. The zero-order valence-corrected chi connectivity index (χ0v) is 12.0. The van der Waals surface area contributed by atoms with Crippen LogP contribution in [-0.4, -0.2) is 50.5 Å². The van der Waals surface area contributed by atoms with Crippen molar-refractivity contribution in [2.75, 3.05) is 38.9 Å². The van der Waals surface area contributed by atoms with Gasteiger partial charge in [0, 0.05) is 6.61 Å². The molecule has 0 fully saturated rings. The molecule has 0 aliphatic rings. The summed E-state index contributed by atoms with van der Waals surface area (Å²) in [6.07, 6.45) is 0. The van der Waals surface area contributed by atoms with Crippen molar-refractivity contribution in [1.29, 1.82) is 0 Å². The highest BCUT2D eigenvalue weighted by atomic mass is 16.5. The third-order valence-electron chi connectivity index (χ3n) is 2.53.